The molecule has 0 aliphatic rings. The van der Waals surface area contributed by atoms with Crippen molar-refractivity contribution in [2.75, 3.05) is 19.6 Å². The van der Waals surface area contributed by atoms with Gasteiger partial charge in [-0.15, -0.1) is 0 Å². The van der Waals surface area contributed by atoms with Gasteiger partial charge >= 0.3 is 0 Å². The fraction of sp³-hybridized carbons (Fsp3) is 0.500. The first-order valence-corrected chi connectivity index (χ1v) is 6.57. The van der Waals surface area contributed by atoms with Crippen LogP contribution in [0, 0.1) is 5.82 Å². The number of benzene rings is 1. The largest absolute Gasteiger partial charge is 0.355 e. The molecule has 19 heavy (non-hydrogen) atoms. The van der Waals surface area contributed by atoms with Crippen LogP contribution in [0.25, 0.3) is 0 Å². The quantitative estimate of drug-likeness (QED) is 0.781. The Hall–Kier alpha value is -1.46. The molecule has 0 aliphatic heterocycles. The number of carbonyl (C=O) groups is 1. The smallest absolute Gasteiger partial charge is 0.234 e. The Morgan fingerprint density at radius 1 is 1.42 bits per heavy atom. The zero-order valence-electron chi connectivity index (χ0n) is 11.6. The molecule has 0 saturated heterocycles. The third-order valence-electron chi connectivity index (χ3n) is 2.94. The van der Waals surface area contributed by atoms with Crippen molar-refractivity contribution >= 4 is 5.91 Å². The van der Waals surface area contributed by atoms with Gasteiger partial charge in [-0.2, -0.15) is 0 Å². The number of rotatable bonds is 7. The van der Waals surface area contributed by atoms with E-state index >= 15 is 0 Å². The lowest BCUT2D eigenvalue weighted by atomic mass is 10.1. The second-order valence-electron chi connectivity index (χ2n) is 4.39. The fourth-order valence-electron chi connectivity index (χ4n) is 1.82. The van der Waals surface area contributed by atoms with E-state index in [4.69, 9.17) is 5.73 Å². The van der Waals surface area contributed by atoms with E-state index in [0.717, 1.165) is 5.56 Å². The first kappa shape index (κ1) is 15.6. The van der Waals surface area contributed by atoms with Crippen LogP contribution in [0.3, 0.4) is 0 Å². The van der Waals surface area contributed by atoms with E-state index in [0.29, 0.717) is 31.7 Å². The summed E-state index contributed by atoms with van der Waals surface area (Å²) in [4.78, 5) is 13.4. The van der Waals surface area contributed by atoms with Gasteiger partial charge in [0.2, 0.25) is 5.91 Å². The van der Waals surface area contributed by atoms with Crippen LogP contribution in [-0.2, 0) is 17.9 Å². The van der Waals surface area contributed by atoms with Gasteiger partial charge in [-0.05, 0) is 25.1 Å². The lowest BCUT2D eigenvalue weighted by molar-refractivity contribution is -0.122. The third kappa shape index (κ3) is 4.96. The maximum atomic E-state index is 13.8. The molecule has 0 spiro atoms. The standard InChI is InChI=1S/C14H22FN3O/c1-3-17-14(19)10-18(4-2)9-12-6-5-11(8-16)7-13(12)15/h5-7H,3-4,8-10,16H2,1-2H3,(H,17,19). The van der Waals surface area contributed by atoms with E-state index < -0.39 is 0 Å². The zero-order chi connectivity index (χ0) is 14.3. The maximum absolute atomic E-state index is 13.8. The minimum Gasteiger partial charge on any atom is -0.355 e. The van der Waals surface area contributed by atoms with E-state index in [9.17, 15) is 9.18 Å². The number of hydrogen-bond donors (Lipinski definition) is 2. The van der Waals surface area contributed by atoms with Crippen molar-refractivity contribution in [1.82, 2.24) is 10.2 Å². The number of hydrogen-bond acceptors (Lipinski definition) is 3. The van der Waals surface area contributed by atoms with Gasteiger partial charge < -0.3 is 11.1 Å². The Balaban J connectivity index is 2.67. The summed E-state index contributed by atoms with van der Waals surface area (Å²) in [7, 11) is 0. The summed E-state index contributed by atoms with van der Waals surface area (Å²) in [6.45, 7) is 6.15. The number of nitrogens with two attached hydrogens (primary N) is 1. The highest BCUT2D eigenvalue weighted by Crippen LogP contribution is 2.12. The van der Waals surface area contributed by atoms with Gasteiger partial charge in [0.1, 0.15) is 5.82 Å². The van der Waals surface area contributed by atoms with E-state index in [1.54, 1.807) is 6.07 Å². The highest BCUT2D eigenvalue weighted by atomic mass is 19.1. The predicted octanol–water partition coefficient (Wildman–Crippen LogP) is 1.24. The molecule has 0 fully saturated rings. The molecule has 4 nitrogen and oxygen atoms in total. The van der Waals surface area contributed by atoms with Gasteiger partial charge in [0.05, 0.1) is 6.54 Å². The molecule has 0 bridgehead atoms. The fourth-order valence-corrected chi connectivity index (χ4v) is 1.82. The van der Waals surface area contributed by atoms with Crippen molar-refractivity contribution < 1.29 is 9.18 Å². The molecule has 3 N–H and O–H groups in total. The third-order valence-corrected chi connectivity index (χ3v) is 2.94. The van der Waals surface area contributed by atoms with Crippen LogP contribution in [0.1, 0.15) is 25.0 Å². The van der Waals surface area contributed by atoms with Crippen molar-refractivity contribution in [1.29, 1.82) is 0 Å². The summed E-state index contributed by atoms with van der Waals surface area (Å²) in [5, 5.41) is 2.74. The van der Waals surface area contributed by atoms with Crippen LogP contribution < -0.4 is 11.1 Å². The minimum absolute atomic E-state index is 0.0386. The molecule has 5 heteroatoms. The van der Waals surface area contributed by atoms with Gasteiger partial charge in [0, 0.05) is 25.2 Å². The Morgan fingerprint density at radius 3 is 2.68 bits per heavy atom. The number of likely N-dealkylation sites (N-methyl/N-ethyl adjacent to an activating group) is 2. The lowest BCUT2D eigenvalue weighted by Crippen LogP contribution is -2.36. The Bertz CT molecular complexity index is 423. The van der Waals surface area contributed by atoms with Crippen LogP contribution in [-0.4, -0.2) is 30.4 Å². The molecule has 0 heterocycles. The number of nitrogens with zero attached hydrogens (tertiary/aromatic N) is 1. The van der Waals surface area contributed by atoms with Crippen molar-refractivity contribution in [3.05, 3.63) is 35.1 Å². The molecule has 0 aromatic heterocycles. The summed E-state index contributed by atoms with van der Waals surface area (Å²) < 4.78 is 13.8. The summed E-state index contributed by atoms with van der Waals surface area (Å²) in [5.74, 6) is -0.305. The lowest BCUT2D eigenvalue weighted by Gasteiger charge is -2.20. The number of amides is 1. The van der Waals surface area contributed by atoms with Gasteiger partial charge in [0.25, 0.3) is 0 Å². The van der Waals surface area contributed by atoms with E-state index in [2.05, 4.69) is 5.32 Å². The molecule has 0 aliphatic carbocycles. The monoisotopic (exact) mass is 267 g/mol. The van der Waals surface area contributed by atoms with Gasteiger partial charge in [-0.25, -0.2) is 4.39 Å². The van der Waals surface area contributed by atoms with E-state index in [1.165, 1.54) is 6.07 Å². The highest BCUT2D eigenvalue weighted by Gasteiger charge is 2.11. The van der Waals surface area contributed by atoms with E-state index in [-0.39, 0.29) is 18.3 Å². The maximum Gasteiger partial charge on any atom is 0.234 e. The minimum atomic E-state index is -0.266. The number of halogens is 1. The summed E-state index contributed by atoms with van der Waals surface area (Å²) >= 11 is 0. The first-order valence-electron chi connectivity index (χ1n) is 6.57. The number of nitrogens with one attached hydrogen (secondary N) is 1. The molecule has 1 aromatic carbocycles. The Morgan fingerprint density at radius 2 is 2.16 bits per heavy atom. The van der Waals surface area contributed by atoms with Crippen molar-refractivity contribution in [2.45, 2.75) is 26.9 Å². The molecular formula is C14H22FN3O. The van der Waals surface area contributed by atoms with Crippen LogP contribution >= 0.6 is 0 Å². The second-order valence-corrected chi connectivity index (χ2v) is 4.39. The Labute approximate surface area is 113 Å². The number of carbonyl (C=O) groups excluding carboxylic acids is 1. The SMILES string of the molecule is CCNC(=O)CN(CC)Cc1ccc(CN)cc1F. The van der Waals surface area contributed by atoms with E-state index in [1.807, 2.05) is 24.8 Å². The van der Waals surface area contributed by atoms with Crippen LogP contribution in [0.4, 0.5) is 4.39 Å². The van der Waals surface area contributed by atoms with Crippen LogP contribution in [0.2, 0.25) is 0 Å². The van der Waals surface area contributed by atoms with Gasteiger partial charge in [-0.3, -0.25) is 9.69 Å². The summed E-state index contributed by atoms with van der Waals surface area (Å²) in [5.41, 5.74) is 6.82. The molecular weight excluding hydrogens is 245 g/mol. The molecule has 1 amide bonds. The van der Waals surface area contributed by atoms with Crippen LogP contribution in [0.15, 0.2) is 18.2 Å². The molecule has 1 aromatic rings. The Kier molecular flexibility index (Phi) is 6.45. The molecule has 1 rings (SSSR count). The summed E-state index contributed by atoms with van der Waals surface area (Å²) in [6, 6.07) is 5.01. The second kappa shape index (κ2) is 7.86. The molecule has 0 saturated carbocycles. The molecule has 0 atom stereocenters. The van der Waals surface area contributed by atoms with Crippen molar-refractivity contribution in [3.8, 4) is 0 Å². The summed E-state index contributed by atoms with van der Waals surface area (Å²) in [6.07, 6.45) is 0. The highest BCUT2D eigenvalue weighted by molar-refractivity contribution is 5.77. The van der Waals surface area contributed by atoms with Crippen LogP contribution in [0.5, 0.6) is 0 Å². The zero-order valence-corrected chi connectivity index (χ0v) is 11.6. The molecule has 106 valence electrons. The topological polar surface area (TPSA) is 58.4 Å². The average Bonchev–Trinajstić information content (AvgIpc) is 2.40. The molecule has 0 unspecified atom stereocenters. The van der Waals surface area contributed by atoms with Crippen molar-refractivity contribution in [3.63, 3.8) is 0 Å². The van der Waals surface area contributed by atoms with Crippen molar-refractivity contribution in [2.24, 2.45) is 5.73 Å². The average molecular weight is 267 g/mol. The predicted molar refractivity (Wildman–Crippen MR) is 73.9 cm³/mol. The molecule has 0 radical (unpaired) electrons. The van der Waals surface area contributed by atoms with Gasteiger partial charge in [0.15, 0.2) is 0 Å². The first-order chi connectivity index (χ1) is 9.10. The van der Waals surface area contributed by atoms with Gasteiger partial charge in [-0.1, -0.05) is 19.1 Å². The normalized spacial score (nSPS) is 10.8.